The van der Waals surface area contributed by atoms with Gasteiger partial charge in [0.15, 0.2) is 5.82 Å². The van der Waals surface area contributed by atoms with Crippen molar-refractivity contribution in [1.82, 2.24) is 20.3 Å². The quantitative estimate of drug-likeness (QED) is 0.685. The van der Waals surface area contributed by atoms with Gasteiger partial charge in [-0.1, -0.05) is 43.3 Å². The number of carbonyl (C=O) groups excluding carboxylic acids is 1. The molecule has 0 spiro atoms. The van der Waals surface area contributed by atoms with E-state index in [1.807, 2.05) is 49.4 Å². The van der Waals surface area contributed by atoms with Crippen LogP contribution in [-0.4, -0.2) is 27.4 Å². The van der Waals surface area contributed by atoms with E-state index in [0.717, 1.165) is 17.5 Å². The van der Waals surface area contributed by atoms with Crippen LogP contribution in [0, 0.1) is 0 Å². The van der Waals surface area contributed by atoms with E-state index >= 15 is 0 Å². The van der Waals surface area contributed by atoms with Crippen molar-refractivity contribution < 1.29 is 4.79 Å². The minimum Gasteiger partial charge on any atom is -0.366 e. The van der Waals surface area contributed by atoms with Crippen LogP contribution in [0.5, 0.6) is 0 Å². The fraction of sp³-hybridized carbons (Fsp3) is 0.200. The van der Waals surface area contributed by atoms with Gasteiger partial charge < -0.3 is 10.6 Å². The molecule has 6 nitrogen and oxygen atoms in total. The fourth-order valence-corrected chi connectivity index (χ4v) is 2.39. The molecule has 0 saturated carbocycles. The smallest absolute Gasteiger partial charge is 0.270 e. The molecule has 26 heavy (non-hydrogen) atoms. The average Bonchev–Trinajstić information content (AvgIpc) is 2.71. The second-order valence-electron chi connectivity index (χ2n) is 5.80. The molecular formula is C20H21N5O. The van der Waals surface area contributed by atoms with Gasteiger partial charge in [-0.25, -0.2) is 9.97 Å². The van der Waals surface area contributed by atoms with Crippen molar-refractivity contribution in [2.75, 3.05) is 11.9 Å². The summed E-state index contributed by atoms with van der Waals surface area (Å²) >= 11 is 0. The van der Waals surface area contributed by atoms with Crippen molar-refractivity contribution >= 4 is 11.7 Å². The summed E-state index contributed by atoms with van der Waals surface area (Å²) in [7, 11) is 0. The zero-order valence-corrected chi connectivity index (χ0v) is 14.6. The molecule has 0 aliphatic heterocycles. The van der Waals surface area contributed by atoms with Crippen LogP contribution >= 0.6 is 0 Å². The molecule has 2 N–H and O–H groups in total. The number of benzene rings is 1. The molecule has 3 aromatic rings. The predicted molar refractivity (Wildman–Crippen MR) is 102 cm³/mol. The van der Waals surface area contributed by atoms with Gasteiger partial charge in [0, 0.05) is 37.1 Å². The van der Waals surface area contributed by atoms with Crippen molar-refractivity contribution in [2.24, 2.45) is 0 Å². The average molecular weight is 347 g/mol. The molecule has 0 fully saturated rings. The van der Waals surface area contributed by atoms with Crippen LogP contribution in [0.3, 0.4) is 0 Å². The van der Waals surface area contributed by atoms with Crippen molar-refractivity contribution in [3.8, 4) is 11.4 Å². The van der Waals surface area contributed by atoms with Gasteiger partial charge in [-0.2, -0.15) is 0 Å². The molecule has 0 aliphatic rings. The van der Waals surface area contributed by atoms with Crippen LogP contribution in [0.25, 0.3) is 11.4 Å². The molecule has 1 amide bonds. The van der Waals surface area contributed by atoms with Gasteiger partial charge in [0.25, 0.3) is 5.91 Å². The number of amides is 1. The Morgan fingerprint density at radius 1 is 1.08 bits per heavy atom. The fourth-order valence-electron chi connectivity index (χ4n) is 2.39. The lowest BCUT2D eigenvalue weighted by Gasteiger charge is -2.10. The molecule has 2 heterocycles. The van der Waals surface area contributed by atoms with Gasteiger partial charge in [0.2, 0.25) is 0 Å². The molecule has 0 saturated heterocycles. The Morgan fingerprint density at radius 2 is 1.92 bits per heavy atom. The molecule has 0 radical (unpaired) electrons. The molecule has 2 aromatic heterocycles. The Morgan fingerprint density at radius 3 is 2.65 bits per heavy atom. The Kier molecular flexibility index (Phi) is 5.88. The standard InChI is InChI=1S/C20H21N5O/c1-2-10-22-20(26)17-12-18(23-14-15-7-6-11-21-13-15)25-19(24-17)16-8-4-3-5-9-16/h3-9,11-13H,2,10,14H2,1H3,(H,22,26)(H,23,24,25). The Hall–Kier alpha value is -3.28. The van der Waals surface area contributed by atoms with Gasteiger partial charge in [-0.3, -0.25) is 9.78 Å². The highest BCUT2D eigenvalue weighted by Gasteiger charge is 2.12. The molecule has 0 bridgehead atoms. The van der Waals surface area contributed by atoms with E-state index in [1.165, 1.54) is 0 Å². The Balaban J connectivity index is 1.88. The summed E-state index contributed by atoms with van der Waals surface area (Å²) in [4.78, 5) is 25.5. The van der Waals surface area contributed by atoms with Crippen LogP contribution in [0.4, 0.5) is 5.82 Å². The van der Waals surface area contributed by atoms with Gasteiger partial charge in [0.1, 0.15) is 11.5 Å². The lowest BCUT2D eigenvalue weighted by Crippen LogP contribution is -2.25. The molecule has 0 aliphatic carbocycles. The Labute approximate surface area is 152 Å². The maximum absolute atomic E-state index is 12.4. The van der Waals surface area contributed by atoms with E-state index in [-0.39, 0.29) is 5.91 Å². The second kappa shape index (κ2) is 8.71. The van der Waals surface area contributed by atoms with E-state index in [0.29, 0.717) is 30.4 Å². The maximum Gasteiger partial charge on any atom is 0.270 e. The zero-order valence-electron chi connectivity index (χ0n) is 14.6. The topological polar surface area (TPSA) is 79.8 Å². The number of carbonyl (C=O) groups is 1. The second-order valence-corrected chi connectivity index (χ2v) is 5.80. The summed E-state index contributed by atoms with van der Waals surface area (Å²) in [6, 6.07) is 15.2. The first kappa shape index (κ1) is 17.5. The summed E-state index contributed by atoms with van der Waals surface area (Å²) < 4.78 is 0. The third kappa shape index (κ3) is 4.63. The van der Waals surface area contributed by atoms with Crippen molar-refractivity contribution in [1.29, 1.82) is 0 Å². The number of hydrogen-bond donors (Lipinski definition) is 2. The van der Waals surface area contributed by atoms with E-state index < -0.39 is 0 Å². The van der Waals surface area contributed by atoms with Gasteiger partial charge in [0.05, 0.1) is 0 Å². The molecule has 132 valence electrons. The highest BCUT2D eigenvalue weighted by atomic mass is 16.1. The van der Waals surface area contributed by atoms with Crippen LogP contribution in [0.15, 0.2) is 60.9 Å². The number of nitrogens with zero attached hydrogens (tertiary/aromatic N) is 3. The van der Waals surface area contributed by atoms with Crippen LogP contribution in [0.2, 0.25) is 0 Å². The predicted octanol–water partition coefficient (Wildman–Crippen LogP) is 3.29. The van der Waals surface area contributed by atoms with Crippen LogP contribution in [-0.2, 0) is 6.54 Å². The molecule has 0 atom stereocenters. The highest BCUT2D eigenvalue weighted by molar-refractivity contribution is 5.93. The van der Waals surface area contributed by atoms with E-state index in [2.05, 4.69) is 25.6 Å². The van der Waals surface area contributed by atoms with E-state index in [9.17, 15) is 4.79 Å². The number of nitrogens with one attached hydrogen (secondary N) is 2. The SMILES string of the molecule is CCCNC(=O)c1cc(NCc2cccnc2)nc(-c2ccccc2)n1. The van der Waals surface area contributed by atoms with Crippen LogP contribution in [0.1, 0.15) is 29.4 Å². The molecule has 1 aromatic carbocycles. The summed E-state index contributed by atoms with van der Waals surface area (Å²) in [5.74, 6) is 0.920. The van der Waals surface area contributed by atoms with Crippen molar-refractivity contribution in [3.63, 3.8) is 0 Å². The third-order valence-corrected chi connectivity index (χ3v) is 3.72. The first-order chi connectivity index (χ1) is 12.8. The first-order valence-electron chi connectivity index (χ1n) is 8.61. The number of hydrogen-bond acceptors (Lipinski definition) is 5. The number of anilines is 1. The van der Waals surface area contributed by atoms with Crippen molar-refractivity contribution in [3.05, 3.63) is 72.2 Å². The number of pyridine rings is 1. The van der Waals surface area contributed by atoms with Gasteiger partial charge in [-0.15, -0.1) is 0 Å². The highest BCUT2D eigenvalue weighted by Crippen LogP contribution is 2.18. The largest absolute Gasteiger partial charge is 0.366 e. The summed E-state index contributed by atoms with van der Waals surface area (Å²) in [6.45, 7) is 3.19. The molecule has 3 rings (SSSR count). The molecule has 6 heteroatoms. The molecule has 0 unspecified atom stereocenters. The van der Waals surface area contributed by atoms with Gasteiger partial charge in [-0.05, 0) is 18.1 Å². The summed E-state index contributed by atoms with van der Waals surface area (Å²) in [5.41, 5.74) is 2.24. The summed E-state index contributed by atoms with van der Waals surface area (Å²) in [5, 5.41) is 6.11. The first-order valence-corrected chi connectivity index (χ1v) is 8.61. The summed E-state index contributed by atoms with van der Waals surface area (Å²) in [6.07, 6.45) is 4.40. The van der Waals surface area contributed by atoms with E-state index in [1.54, 1.807) is 18.5 Å². The van der Waals surface area contributed by atoms with E-state index in [4.69, 9.17) is 0 Å². The maximum atomic E-state index is 12.4. The normalized spacial score (nSPS) is 10.3. The van der Waals surface area contributed by atoms with Crippen molar-refractivity contribution in [2.45, 2.75) is 19.9 Å². The zero-order chi connectivity index (χ0) is 18.2. The third-order valence-electron chi connectivity index (χ3n) is 3.72. The van der Waals surface area contributed by atoms with Gasteiger partial charge >= 0.3 is 0 Å². The molecular weight excluding hydrogens is 326 g/mol. The Bertz CT molecular complexity index is 853. The minimum atomic E-state index is -0.198. The lowest BCUT2D eigenvalue weighted by molar-refractivity contribution is 0.0948. The number of rotatable bonds is 7. The minimum absolute atomic E-state index is 0.198. The lowest BCUT2D eigenvalue weighted by atomic mass is 10.2. The van der Waals surface area contributed by atoms with Crippen LogP contribution < -0.4 is 10.6 Å². The number of aromatic nitrogens is 3. The monoisotopic (exact) mass is 347 g/mol.